The number of anilines is 1. The molecule has 0 saturated carbocycles. The minimum Gasteiger partial charge on any atom is -0.450 e. The van der Waals surface area contributed by atoms with Crippen LogP contribution in [0.5, 0.6) is 0 Å². The standard InChI is InChI=1S/C18H24N4O6/c1-2-28-18(24)21-7-5-20(6-8-21)17(23)14-3-4-15(16(13-14)22(25)26)19-9-11-27-12-10-19/h3-4,13H,2,5-12H2,1H3. The molecule has 0 bridgehead atoms. The van der Waals surface area contributed by atoms with Crippen molar-refractivity contribution < 1.29 is 24.0 Å². The fourth-order valence-electron chi connectivity index (χ4n) is 3.36. The zero-order chi connectivity index (χ0) is 20.1. The van der Waals surface area contributed by atoms with E-state index in [1.165, 1.54) is 6.07 Å². The van der Waals surface area contributed by atoms with Gasteiger partial charge in [0.1, 0.15) is 5.69 Å². The molecule has 0 aromatic heterocycles. The van der Waals surface area contributed by atoms with E-state index in [0.29, 0.717) is 64.8 Å². The second kappa shape index (κ2) is 8.87. The molecule has 0 aliphatic carbocycles. The van der Waals surface area contributed by atoms with E-state index in [0.717, 1.165) is 0 Å². The summed E-state index contributed by atoms with van der Waals surface area (Å²) >= 11 is 0. The van der Waals surface area contributed by atoms with Crippen molar-refractivity contribution in [2.45, 2.75) is 6.92 Å². The van der Waals surface area contributed by atoms with Crippen LogP contribution in [0.2, 0.25) is 0 Å². The molecule has 1 aromatic rings. The van der Waals surface area contributed by atoms with Crippen LogP contribution in [0.25, 0.3) is 0 Å². The van der Waals surface area contributed by atoms with Gasteiger partial charge in [-0.1, -0.05) is 0 Å². The third kappa shape index (κ3) is 4.33. The van der Waals surface area contributed by atoms with E-state index in [-0.39, 0.29) is 23.3 Å². The van der Waals surface area contributed by atoms with Gasteiger partial charge in [-0.3, -0.25) is 14.9 Å². The van der Waals surface area contributed by atoms with Crippen LogP contribution in [0.1, 0.15) is 17.3 Å². The number of carbonyl (C=O) groups excluding carboxylic acids is 2. The lowest BCUT2D eigenvalue weighted by molar-refractivity contribution is -0.384. The van der Waals surface area contributed by atoms with Crippen molar-refractivity contribution in [3.8, 4) is 0 Å². The second-order valence-corrected chi connectivity index (χ2v) is 6.54. The summed E-state index contributed by atoms with van der Waals surface area (Å²) in [5.74, 6) is -0.278. The number of ether oxygens (including phenoxy) is 2. The van der Waals surface area contributed by atoms with Gasteiger partial charge >= 0.3 is 6.09 Å². The summed E-state index contributed by atoms with van der Waals surface area (Å²) in [4.78, 5) is 40.7. The van der Waals surface area contributed by atoms with Crippen LogP contribution in [0.4, 0.5) is 16.2 Å². The lowest BCUT2D eigenvalue weighted by Gasteiger charge is -2.34. The highest BCUT2D eigenvalue weighted by molar-refractivity contribution is 5.96. The number of piperazine rings is 1. The van der Waals surface area contributed by atoms with Crippen molar-refractivity contribution in [1.29, 1.82) is 0 Å². The number of hydrogen-bond donors (Lipinski definition) is 0. The van der Waals surface area contributed by atoms with Crippen LogP contribution in [0, 0.1) is 10.1 Å². The van der Waals surface area contributed by atoms with Crippen LogP contribution in [-0.4, -0.2) is 85.8 Å². The maximum atomic E-state index is 12.8. The Morgan fingerprint density at radius 2 is 1.75 bits per heavy atom. The summed E-state index contributed by atoms with van der Waals surface area (Å²) in [7, 11) is 0. The zero-order valence-corrected chi connectivity index (χ0v) is 15.8. The summed E-state index contributed by atoms with van der Waals surface area (Å²) in [6, 6.07) is 4.59. The minimum atomic E-state index is -0.458. The topological polar surface area (TPSA) is 105 Å². The van der Waals surface area contributed by atoms with Crippen LogP contribution in [-0.2, 0) is 9.47 Å². The van der Waals surface area contributed by atoms with Crippen LogP contribution in [0.3, 0.4) is 0 Å². The van der Waals surface area contributed by atoms with E-state index >= 15 is 0 Å². The van der Waals surface area contributed by atoms with Crippen molar-refractivity contribution in [1.82, 2.24) is 9.80 Å². The molecule has 2 heterocycles. The van der Waals surface area contributed by atoms with Gasteiger partial charge in [0, 0.05) is 50.9 Å². The van der Waals surface area contributed by atoms with E-state index in [1.807, 2.05) is 4.90 Å². The first-order chi connectivity index (χ1) is 13.5. The van der Waals surface area contributed by atoms with E-state index in [2.05, 4.69) is 0 Å². The van der Waals surface area contributed by atoms with Gasteiger partial charge in [-0.25, -0.2) is 4.79 Å². The molecule has 0 unspecified atom stereocenters. The SMILES string of the molecule is CCOC(=O)N1CCN(C(=O)c2ccc(N3CCOCC3)c([N+](=O)[O-])c2)CC1. The molecule has 2 fully saturated rings. The molecule has 10 heteroatoms. The molecule has 2 aliphatic heterocycles. The maximum absolute atomic E-state index is 12.8. The van der Waals surface area contributed by atoms with Crippen molar-refractivity contribution in [2.75, 3.05) is 64.0 Å². The Balaban J connectivity index is 1.71. The Morgan fingerprint density at radius 1 is 1.11 bits per heavy atom. The molecular weight excluding hydrogens is 368 g/mol. The molecule has 2 saturated heterocycles. The number of amides is 2. The fraction of sp³-hybridized carbons (Fsp3) is 0.556. The van der Waals surface area contributed by atoms with Crippen LogP contribution in [0.15, 0.2) is 18.2 Å². The normalized spacial score (nSPS) is 17.4. The van der Waals surface area contributed by atoms with E-state index in [4.69, 9.17) is 9.47 Å². The number of rotatable bonds is 4. The molecule has 1 aromatic carbocycles. The molecule has 152 valence electrons. The lowest BCUT2D eigenvalue weighted by Crippen LogP contribution is -2.50. The van der Waals surface area contributed by atoms with E-state index in [9.17, 15) is 19.7 Å². The highest BCUT2D eigenvalue weighted by atomic mass is 16.6. The summed E-state index contributed by atoms with van der Waals surface area (Å²) in [5, 5.41) is 11.6. The molecular formula is C18H24N4O6. The van der Waals surface area contributed by atoms with E-state index < -0.39 is 4.92 Å². The van der Waals surface area contributed by atoms with Gasteiger partial charge in [-0.05, 0) is 19.1 Å². The Bertz CT molecular complexity index is 742. The second-order valence-electron chi connectivity index (χ2n) is 6.54. The van der Waals surface area contributed by atoms with Crippen LogP contribution < -0.4 is 4.90 Å². The fourth-order valence-corrected chi connectivity index (χ4v) is 3.36. The van der Waals surface area contributed by atoms with Gasteiger partial charge < -0.3 is 24.2 Å². The minimum absolute atomic E-state index is 0.0853. The van der Waals surface area contributed by atoms with E-state index in [1.54, 1.807) is 28.9 Å². The number of benzene rings is 1. The number of carbonyl (C=O) groups is 2. The molecule has 0 spiro atoms. The average Bonchev–Trinajstić information content (AvgIpc) is 2.73. The molecule has 28 heavy (non-hydrogen) atoms. The predicted octanol–water partition coefficient (Wildman–Crippen LogP) is 1.35. The lowest BCUT2D eigenvalue weighted by atomic mass is 10.1. The largest absolute Gasteiger partial charge is 0.450 e. The summed E-state index contributed by atoms with van der Waals surface area (Å²) < 4.78 is 10.3. The van der Waals surface area contributed by atoms with Gasteiger partial charge in [0.15, 0.2) is 0 Å². The monoisotopic (exact) mass is 392 g/mol. The highest BCUT2D eigenvalue weighted by Crippen LogP contribution is 2.30. The number of hydrogen-bond acceptors (Lipinski definition) is 7. The number of morpholine rings is 1. The molecule has 0 radical (unpaired) electrons. The third-order valence-corrected chi connectivity index (χ3v) is 4.86. The van der Waals surface area contributed by atoms with Crippen molar-refractivity contribution >= 4 is 23.4 Å². The first-order valence-corrected chi connectivity index (χ1v) is 9.33. The Hall–Kier alpha value is -2.88. The number of nitro groups is 1. The maximum Gasteiger partial charge on any atom is 0.409 e. The van der Waals surface area contributed by atoms with Gasteiger partial charge in [0.2, 0.25) is 0 Å². The van der Waals surface area contributed by atoms with Gasteiger partial charge in [-0.2, -0.15) is 0 Å². The Kier molecular flexibility index (Phi) is 6.30. The molecule has 0 N–H and O–H groups in total. The van der Waals surface area contributed by atoms with Gasteiger partial charge in [0.05, 0.1) is 24.7 Å². The summed E-state index contributed by atoms with van der Waals surface area (Å²) in [6.07, 6.45) is -0.389. The first-order valence-electron chi connectivity index (χ1n) is 9.33. The van der Waals surface area contributed by atoms with Crippen LogP contribution >= 0.6 is 0 Å². The van der Waals surface area contributed by atoms with Gasteiger partial charge in [-0.15, -0.1) is 0 Å². The van der Waals surface area contributed by atoms with Crippen molar-refractivity contribution in [2.24, 2.45) is 0 Å². The summed E-state index contributed by atoms with van der Waals surface area (Å²) in [5.41, 5.74) is 0.684. The third-order valence-electron chi connectivity index (χ3n) is 4.86. The first kappa shape index (κ1) is 19.9. The summed E-state index contributed by atoms with van der Waals surface area (Å²) in [6.45, 7) is 5.69. The average molecular weight is 392 g/mol. The molecule has 2 amide bonds. The number of nitro benzene ring substituents is 1. The van der Waals surface area contributed by atoms with Crippen molar-refractivity contribution in [3.05, 3.63) is 33.9 Å². The highest BCUT2D eigenvalue weighted by Gasteiger charge is 2.28. The molecule has 3 rings (SSSR count). The smallest absolute Gasteiger partial charge is 0.409 e. The Labute approximate surface area is 162 Å². The predicted molar refractivity (Wildman–Crippen MR) is 101 cm³/mol. The molecule has 10 nitrogen and oxygen atoms in total. The molecule has 2 aliphatic rings. The Morgan fingerprint density at radius 3 is 2.36 bits per heavy atom. The van der Waals surface area contributed by atoms with Gasteiger partial charge in [0.25, 0.3) is 11.6 Å². The quantitative estimate of drug-likeness (QED) is 0.562. The van der Waals surface area contributed by atoms with Crippen molar-refractivity contribution in [3.63, 3.8) is 0 Å². The number of nitrogens with zero attached hydrogens (tertiary/aromatic N) is 4. The zero-order valence-electron chi connectivity index (χ0n) is 15.8. The molecule has 0 atom stereocenters.